The molecule has 4 aromatic rings. The van der Waals surface area contributed by atoms with E-state index in [9.17, 15) is 14.4 Å². The van der Waals surface area contributed by atoms with E-state index in [1.54, 1.807) is 32.9 Å². The number of ether oxygens (including phenoxy) is 2. The summed E-state index contributed by atoms with van der Waals surface area (Å²) in [5, 5.41) is 14.3. The van der Waals surface area contributed by atoms with Crippen molar-refractivity contribution in [2.75, 3.05) is 11.9 Å². The highest BCUT2D eigenvalue weighted by molar-refractivity contribution is 5.95. The number of fused-ring (bicyclic) bond motifs is 1. The summed E-state index contributed by atoms with van der Waals surface area (Å²) in [4.78, 5) is 40.3. The van der Waals surface area contributed by atoms with Crippen molar-refractivity contribution in [3.8, 4) is 16.9 Å². The molecule has 220 valence electrons. The Balaban J connectivity index is 1.51. The number of carbonyl (C=O) groups is 3. The van der Waals surface area contributed by atoms with Gasteiger partial charge >= 0.3 is 12.2 Å². The number of hydrogen-bond acceptors (Lipinski definition) is 6. The van der Waals surface area contributed by atoms with Gasteiger partial charge in [-0.3, -0.25) is 4.79 Å². The number of unbranched alkanes of at least 4 members (excludes halogenated alkanes) is 1. The van der Waals surface area contributed by atoms with E-state index in [0.717, 1.165) is 47.2 Å². The lowest BCUT2D eigenvalue weighted by Crippen LogP contribution is -2.37. The Hall–Kier alpha value is -4.86. The summed E-state index contributed by atoms with van der Waals surface area (Å²) in [5.74, 6) is 0.858. The number of imidazole rings is 1. The largest absolute Gasteiger partial charge is 0.511 e. The van der Waals surface area contributed by atoms with Crippen LogP contribution in [0.2, 0.25) is 0 Å². The lowest BCUT2D eigenvalue weighted by atomic mass is 10.0. The Labute approximate surface area is 244 Å². The monoisotopic (exact) mass is 572 g/mol. The molecule has 10 nitrogen and oxygen atoms in total. The Kier molecular flexibility index (Phi) is 9.46. The Morgan fingerprint density at radius 3 is 2.43 bits per heavy atom. The summed E-state index contributed by atoms with van der Waals surface area (Å²) in [7, 11) is 0. The van der Waals surface area contributed by atoms with E-state index in [2.05, 4.69) is 22.1 Å². The number of aryl methyl sites for hydroxylation is 1. The SMILES string of the molecule is CCCCc1nc2cc(NC(=O)CNC(=O)OC(C)(C)C)ccc2n1Cc1ccc(-c2ccccc2OC(=O)O)cc1. The molecule has 3 aromatic carbocycles. The zero-order valence-electron chi connectivity index (χ0n) is 24.3. The molecule has 0 spiro atoms. The first-order valence-electron chi connectivity index (χ1n) is 13.9. The second-order valence-corrected chi connectivity index (χ2v) is 10.9. The van der Waals surface area contributed by atoms with Gasteiger partial charge in [0.15, 0.2) is 0 Å². The molecular weight excluding hydrogens is 536 g/mol. The van der Waals surface area contributed by atoms with Gasteiger partial charge in [-0.1, -0.05) is 55.8 Å². The van der Waals surface area contributed by atoms with Gasteiger partial charge in [-0.25, -0.2) is 14.6 Å². The summed E-state index contributed by atoms with van der Waals surface area (Å²) in [6.45, 7) is 7.77. The summed E-state index contributed by atoms with van der Waals surface area (Å²) in [6, 6.07) is 20.5. The van der Waals surface area contributed by atoms with E-state index in [1.807, 2.05) is 54.6 Å². The minimum Gasteiger partial charge on any atom is -0.449 e. The Bertz CT molecular complexity index is 1570. The van der Waals surface area contributed by atoms with Crippen LogP contribution in [0.25, 0.3) is 22.2 Å². The molecule has 3 N–H and O–H groups in total. The third kappa shape index (κ3) is 8.09. The lowest BCUT2D eigenvalue weighted by Gasteiger charge is -2.19. The van der Waals surface area contributed by atoms with Crippen molar-refractivity contribution in [1.82, 2.24) is 14.9 Å². The van der Waals surface area contributed by atoms with Gasteiger partial charge in [0.05, 0.1) is 11.0 Å². The van der Waals surface area contributed by atoms with Crippen molar-refractivity contribution in [3.63, 3.8) is 0 Å². The van der Waals surface area contributed by atoms with E-state index in [0.29, 0.717) is 17.8 Å². The second kappa shape index (κ2) is 13.2. The molecule has 0 fully saturated rings. The molecule has 1 heterocycles. The molecule has 0 atom stereocenters. The first-order valence-corrected chi connectivity index (χ1v) is 13.9. The first kappa shape index (κ1) is 30.1. The third-order valence-electron chi connectivity index (χ3n) is 6.35. The minimum atomic E-state index is -1.36. The van der Waals surface area contributed by atoms with Crippen LogP contribution in [-0.4, -0.2) is 45.0 Å². The van der Waals surface area contributed by atoms with E-state index in [4.69, 9.17) is 19.6 Å². The van der Waals surface area contributed by atoms with Crippen LogP contribution in [0, 0.1) is 0 Å². The number of para-hydroxylation sites is 1. The molecule has 0 aliphatic carbocycles. The maximum Gasteiger partial charge on any atom is 0.511 e. The number of nitrogens with zero attached hydrogens (tertiary/aromatic N) is 2. The van der Waals surface area contributed by atoms with E-state index in [-0.39, 0.29) is 18.2 Å². The number of carboxylic acid groups (broad SMARTS) is 1. The summed E-state index contributed by atoms with van der Waals surface area (Å²) >= 11 is 0. The number of aromatic nitrogens is 2. The van der Waals surface area contributed by atoms with E-state index < -0.39 is 17.8 Å². The maximum atomic E-state index is 12.4. The van der Waals surface area contributed by atoms with Gasteiger partial charge in [-0.15, -0.1) is 0 Å². The Morgan fingerprint density at radius 2 is 1.74 bits per heavy atom. The molecule has 10 heteroatoms. The van der Waals surface area contributed by atoms with Crippen LogP contribution in [0.5, 0.6) is 5.75 Å². The van der Waals surface area contributed by atoms with Gasteiger partial charge in [0.2, 0.25) is 5.91 Å². The average molecular weight is 573 g/mol. The van der Waals surface area contributed by atoms with Crippen molar-refractivity contribution in [1.29, 1.82) is 0 Å². The fraction of sp³-hybridized carbons (Fsp3) is 0.312. The summed E-state index contributed by atoms with van der Waals surface area (Å²) < 4.78 is 12.3. The Morgan fingerprint density at radius 1 is 1.00 bits per heavy atom. The first-order chi connectivity index (χ1) is 20.0. The predicted molar refractivity (Wildman–Crippen MR) is 161 cm³/mol. The summed E-state index contributed by atoms with van der Waals surface area (Å²) in [6.07, 6.45) is 0.818. The van der Waals surface area contributed by atoms with Crippen LogP contribution in [0.4, 0.5) is 15.3 Å². The van der Waals surface area contributed by atoms with Gasteiger partial charge in [0, 0.05) is 24.2 Å². The van der Waals surface area contributed by atoms with Gasteiger partial charge in [0.1, 0.15) is 23.7 Å². The fourth-order valence-corrected chi connectivity index (χ4v) is 4.49. The third-order valence-corrected chi connectivity index (χ3v) is 6.35. The van der Waals surface area contributed by atoms with Crippen molar-refractivity contribution < 1.29 is 29.0 Å². The van der Waals surface area contributed by atoms with Crippen LogP contribution in [0.15, 0.2) is 66.7 Å². The molecule has 0 radical (unpaired) electrons. The number of hydrogen-bond donors (Lipinski definition) is 3. The quantitative estimate of drug-likeness (QED) is 0.144. The molecule has 0 bridgehead atoms. The normalized spacial score (nSPS) is 11.2. The number of rotatable bonds is 10. The highest BCUT2D eigenvalue weighted by Crippen LogP contribution is 2.30. The zero-order chi connectivity index (χ0) is 30.3. The number of benzene rings is 3. The summed E-state index contributed by atoms with van der Waals surface area (Å²) in [5.41, 5.74) is 4.22. The van der Waals surface area contributed by atoms with Crippen molar-refractivity contribution >= 4 is 34.9 Å². The van der Waals surface area contributed by atoms with E-state index >= 15 is 0 Å². The molecule has 0 saturated carbocycles. The molecule has 1 aromatic heterocycles. The van der Waals surface area contributed by atoms with Crippen LogP contribution >= 0.6 is 0 Å². The number of amides is 2. The zero-order valence-corrected chi connectivity index (χ0v) is 24.3. The maximum absolute atomic E-state index is 12.4. The topological polar surface area (TPSA) is 132 Å². The van der Waals surface area contributed by atoms with Crippen LogP contribution in [0.3, 0.4) is 0 Å². The van der Waals surface area contributed by atoms with Gasteiger partial charge in [-0.2, -0.15) is 0 Å². The molecule has 0 aliphatic rings. The molecule has 2 amide bonds. The molecule has 0 aliphatic heterocycles. The van der Waals surface area contributed by atoms with Crippen molar-refractivity contribution in [3.05, 3.63) is 78.1 Å². The second-order valence-electron chi connectivity index (χ2n) is 10.9. The predicted octanol–water partition coefficient (Wildman–Crippen LogP) is 6.61. The van der Waals surface area contributed by atoms with Gasteiger partial charge < -0.3 is 29.8 Å². The smallest absolute Gasteiger partial charge is 0.449 e. The van der Waals surface area contributed by atoms with Crippen molar-refractivity contribution in [2.24, 2.45) is 0 Å². The van der Waals surface area contributed by atoms with E-state index in [1.165, 1.54) is 0 Å². The van der Waals surface area contributed by atoms with Crippen LogP contribution in [-0.2, 0) is 22.5 Å². The number of anilines is 1. The number of carbonyl (C=O) groups excluding carboxylic acids is 2. The number of alkyl carbamates (subject to hydrolysis) is 1. The highest BCUT2D eigenvalue weighted by Gasteiger charge is 2.17. The minimum absolute atomic E-state index is 0.216. The fourth-order valence-electron chi connectivity index (χ4n) is 4.49. The average Bonchev–Trinajstić information content (AvgIpc) is 3.26. The number of nitrogens with one attached hydrogen (secondary N) is 2. The standard InChI is InChI=1S/C32H36N4O6/c1-5-6-11-28-35-25-18-23(34-29(37)19-33-30(38)42-32(2,3)4)16-17-26(25)36(28)20-21-12-14-22(15-13-21)24-9-7-8-10-27(24)41-31(39)40/h7-10,12-18H,5-6,11,19-20H2,1-4H3,(H,33,38)(H,34,37)(H,39,40). The van der Waals surface area contributed by atoms with Crippen LogP contribution < -0.4 is 15.4 Å². The highest BCUT2D eigenvalue weighted by atomic mass is 16.7. The molecule has 42 heavy (non-hydrogen) atoms. The van der Waals surface area contributed by atoms with Gasteiger partial charge in [0.25, 0.3) is 0 Å². The van der Waals surface area contributed by atoms with Crippen molar-refractivity contribution in [2.45, 2.75) is 59.1 Å². The lowest BCUT2D eigenvalue weighted by molar-refractivity contribution is -0.115. The molecule has 0 saturated heterocycles. The van der Waals surface area contributed by atoms with Crippen LogP contribution in [0.1, 0.15) is 51.9 Å². The van der Waals surface area contributed by atoms with Gasteiger partial charge in [-0.05, 0) is 62.6 Å². The molecule has 4 rings (SSSR count). The molecular formula is C32H36N4O6. The molecule has 0 unspecified atom stereocenters.